The van der Waals surface area contributed by atoms with E-state index in [1.807, 2.05) is 58.0 Å². The molecular weight excluding hydrogens is 462 g/mol. The zero-order chi connectivity index (χ0) is 27.5. The number of methoxy groups -OCH3 is 1. The zero-order valence-electron chi connectivity index (χ0n) is 22.8. The third-order valence-electron chi connectivity index (χ3n) is 5.14. The zero-order valence-corrected chi connectivity index (χ0v) is 22.8. The number of rotatable bonds is 12. The maximum Gasteiger partial charge on any atom is 0.408 e. The van der Waals surface area contributed by atoms with Crippen LogP contribution < -0.4 is 16.0 Å². The van der Waals surface area contributed by atoms with Gasteiger partial charge in [0, 0.05) is 6.42 Å². The maximum absolute atomic E-state index is 13.2. The molecule has 0 saturated carbocycles. The lowest BCUT2D eigenvalue weighted by Crippen LogP contribution is -2.56. The van der Waals surface area contributed by atoms with Gasteiger partial charge >= 0.3 is 12.1 Å². The normalized spacial score (nSPS) is 13.9. The molecule has 36 heavy (non-hydrogen) atoms. The molecule has 0 aliphatic heterocycles. The third-order valence-corrected chi connectivity index (χ3v) is 5.14. The number of carbonyl (C=O) groups excluding carboxylic acids is 4. The predicted octanol–water partition coefficient (Wildman–Crippen LogP) is 3.36. The topological polar surface area (TPSA) is 123 Å². The smallest absolute Gasteiger partial charge is 0.408 e. The molecule has 0 spiro atoms. The fourth-order valence-corrected chi connectivity index (χ4v) is 3.59. The molecule has 202 valence electrons. The third kappa shape index (κ3) is 12.0. The Morgan fingerprint density at radius 3 is 1.69 bits per heavy atom. The van der Waals surface area contributed by atoms with Crippen LogP contribution in [0.15, 0.2) is 30.3 Å². The van der Waals surface area contributed by atoms with Crippen molar-refractivity contribution in [1.29, 1.82) is 0 Å². The Labute approximate surface area is 215 Å². The Balaban J connectivity index is 3.03. The minimum absolute atomic E-state index is 0.0779. The minimum Gasteiger partial charge on any atom is -0.467 e. The Morgan fingerprint density at radius 1 is 0.778 bits per heavy atom. The van der Waals surface area contributed by atoms with Gasteiger partial charge < -0.3 is 25.4 Å². The van der Waals surface area contributed by atoms with E-state index in [9.17, 15) is 19.2 Å². The fraction of sp³-hybridized carbons (Fsp3) is 0.630. The maximum atomic E-state index is 13.2. The Morgan fingerprint density at radius 2 is 1.25 bits per heavy atom. The molecule has 0 saturated heterocycles. The summed E-state index contributed by atoms with van der Waals surface area (Å²) in [6.07, 6.45) is 0.247. The summed E-state index contributed by atoms with van der Waals surface area (Å²) < 4.78 is 10.2. The predicted molar refractivity (Wildman–Crippen MR) is 138 cm³/mol. The van der Waals surface area contributed by atoms with Gasteiger partial charge in [-0.3, -0.25) is 9.59 Å². The Hall–Kier alpha value is -3.10. The summed E-state index contributed by atoms with van der Waals surface area (Å²) in [6, 6.07) is 6.56. The van der Waals surface area contributed by atoms with Crippen LogP contribution >= 0.6 is 0 Å². The molecule has 0 radical (unpaired) electrons. The van der Waals surface area contributed by atoms with Crippen LogP contribution in [0.4, 0.5) is 4.79 Å². The van der Waals surface area contributed by atoms with Crippen LogP contribution in [0.1, 0.15) is 66.9 Å². The molecule has 1 aromatic rings. The van der Waals surface area contributed by atoms with E-state index in [2.05, 4.69) is 16.0 Å². The molecule has 3 amide bonds. The fourth-order valence-electron chi connectivity index (χ4n) is 3.59. The Bertz CT molecular complexity index is 864. The molecule has 0 aliphatic rings. The first kappa shape index (κ1) is 30.9. The van der Waals surface area contributed by atoms with Gasteiger partial charge in [0.05, 0.1) is 7.11 Å². The highest BCUT2D eigenvalue weighted by Gasteiger charge is 2.31. The molecule has 0 aliphatic carbocycles. The largest absolute Gasteiger partial charge is 0.467 e. The summed E-state index contributed by atoms with van der Waals surface area (Å²) in [5, 5.41) is 8.14. The highest BCUT2D eigenvalue weighted by molar-refractivity contribution is 5.93. The summed E-state index contributed by atoms with van der Waals surface area (Å²) >= 11 is 0. The molecule has 1 rings (SSSR count). The first-order valence-corrected chi connectivity index (χ1v) is 12.4. The molecule has 0 fully saturated rings. The van der Waals surface area contributed by atoms with Crippen molar-refractivity contribution in [3.8, 4) is 0 Å². The number of nitrogens with one attached hydrogen (secondary N) is 3. The average molecular weight is 506 g/mol. The van der Waals surface area contributed by atoms with E-state index in [0.717, 1.165) is 5.56 Å². The number of hydrogen-bond donors (Lipinski definition) is 3. The first-order chi connectivity index (χ1) is 16.7. The van der Waals surface area contributed by atoms with Crippen molar-refractivity contribution in [2.45, 2.75) is 91.5 Å². The molecular formula is C27H43N3O6. The summed E-state index contributed by atoms with van der Waals surface area (Å²) in [5.74, 6) is -1.39. The standard InChI is InChI=1S/C27H43N3O6/c1-17(2)14-20(23(31)29-22(25(33)35-8)16-19-12-10-9-11-13-19)28-24(32)21(15-18(3)4)30-26(34)36-27(5,6)7/h9-13,17-18,20-22H,14-16H2,1-8H3,(H,28,32)(H,29,31)(H,30,34)/t20?,21-,22-/m1/s1. The number of amides is 3. The van der Waals surface area contributed by atoms with Gasteiger partial charge in [0.2, 0.25) is 11.8 Å². The van der Waals surface area contributed by atoms with E-state index in [1.165, 1.54) is 7.11 Å². The van der Waals surface area contributed by atoms with Crippen LogP contribution in [-0.4, -0.2) is 54.7 Å². The van der Waals surface area contributed by atoms with Gasteiger partial charge in [-0.25, -0.2) is 9.59 Å². The molecule has 0 bridgehead atoms. The first-order valence-electron chi connectivity index (χ1n) is 12.4. The number of benzene rings is 1. The van der Waals surface area contributed by atoms with Crippen LogP contribution in [0, 0.1) is 11.8 Å². The van der Waals surface area contributed by atoms with Crippen LogP contribution in [0.25, 0.3) is 0 Å². The van der Waals surface area contributed by atoms with Crippen LogP contribution in [0.2, 0.25) is 0 Å². The van der Waals surface area contributed by atoms with Gasteiger partial charge in [-0.1, -0.05) is 58.0 Å². The van der Waals surface area contributed by atoms with Crippen molar-refractivity contribution in [1.82, 2.24) is 16.0 Å². The van der Waals surface area contributed by atoms with Crippen molar-refractivity contribution in [2.75, 3.05) is 7.11 Å². The number of alkyl carbamates (subject to hydrolysis) is 1. The van der Waals surface area contributed by atoms with Crippen molar-refractivity contribution < 1.29 is 28.7 Å². The van der Waals surface area contributed by atoms with Crippen LogP contribution in [-0.2, 0) is 30.3 Å². The average Bonchev–Trinajstić information content (AvgIpc) is 2.75. The molecule has 9 nitrogen and oxygen atoms in total. The molecule has 1 unspecified atom stereocenters. The SMILES string of the molecule is COC(=O)[C@@H](Cc1ccccc1)NC(=O)C(CC(C)C)NC(=O)[C@@H](CC(C)C)NC(=O)OC(C)(C)C. The van der Waals surface area contributed by atoms with Crippen LogP contribution in [0.3, 0.4) is 0 Å². The second-order valence-corrected chi connectivity index (χ2v) is 10.8. The van der Waals surface area contributed by atoms with E-state index in [1.54, 1.807) is 20.8 Å². The number of carbonyl (C=O) groups is 4. The number of esters is 1. The minimum atomic E-state index is -0.914. The van der Waals surface area contributed by atoms with E-state index < -0.39 is 47.6 Å². The van der Waals surface area contributed by atoms with Crippen molar-refractivity contribution in [3.63, 3.8) is 0 Å². The van der Waals surface area contributed by atoms with E-state index >= 15 is 0 Å². The van der Waals surface area contributed by atoms with E-state index in [-0.39, 0.29) is 18.3 Å². The van der Waals surface area contributed by atoms with Crippen molar-refractivity contribution in [3.05, 3.63) is 35.9 Å². The molecule has 3 atom stereocenters. The summed E-state index contributed by atoms with van der Waals surface area (Å²) in [6.45, 7) is 12.9. The van der Waals surface area contributed by atoms with E-state index in [0.29, 0.717) is 12.8 Å². The lowest BCUT2D eigenvalue weighted by atomic mass is 9.99. The van der Waals surface area contributed by atoms with Gasteiger partial charge in [-0.15, -0.1) is 0 Å². The lowest BCUT2D eigenvalue weighted by Gasteiger charge is -2.27. The molecule has 0 heterocycles. The number of hydrogen-bond acceptors (Lipinski definition) is 6. The molecule has 0 aromatic heterocycles. The van der Waals surface area contributed by atoms with Gasteiger partial charge in [-0.05, 0) is 51.0 Å². The van der Waals surface area contributed by atoms with Crippen LogP contribution in [0.5, 0.6) is 0 Å². The molecule has 1 aromatic carbocycles. The van der Waals surface area contributed by atoms with E-state index in [4.69, 9.17) is 9.47 Å². The van der Waals surface area contributed by atoms with Crippen molar-refractivity contribution >= 4 is 23.9 Å². The van der Waals surface area contributed by atoms with Gasteiger partial charge in [0.25, 0.3) is 0 Å². The number of ether oxygens (including phenoxy) is 2. The molecule has 9 heteroatoms. The lowest BCUT2D eigenvalue weighted by molar-refractivity contribution is -0.145. The second kappa shape index (κ2) is 14.5. The van der Waals surface area contributed by atoms with Gasteiger partial charge in [0.1, 0.15) is 23.7 Å². The summed E-state index contributed by atoms with van der Waals surface area (Å²) in [4.78, 5) is 51.2. The van der Waals surface area contributed by atoms with Crippen molar-refractivity contribution in [2.24, 2.45) is 11.8 Å². The quantitative estimate of drug-likeness (QED) is 0.375. The monoisotopic (exact) mass is 505 g/mol. The van der Waals surface area contributed by atoms with Gasteiger partial charge in [0.15, 0.2) is 0 Å². The summed E-state index contributed by atoms with van der Waals surface area (Å²) in [5.41, 5.74) is 0.140. The molecule has 3 N–H and O–H groups in total. The second-order valence-electron chi connectivity index (χ2n) is 10.8. The highest BCUT2D eigenvalue weighted by Crippen LogP contribution is 2.12. The highest BCUT2D eigenvalue weighted by atomic mass is 16.6. The summed E-state index contributed by atoms with van der Waals surface area (Å²) in [7, 11) is 1.26. The van der Waals surface area contributed by atoms with Gasteiger partial charge in [-0.2, -0.15) is 0 Å². The Kier molecular flexibility index (Phi) is 12.4.